The first-order valence-electron chi connectivity index (χ1n) is 4.07. The zero-order valence-corrected chi connectivity index (χ0v) is 9.40. The number of rotatable bonds is 2. The van der Waals surface area contributed by atoms with Crippen LogP contribution in [0.1, 0.15) is 5.56 Å². The van der Waals surface area contributed by atoms with Gasteiger partial charge in [-0.05, 0) is 11.6 Å². The van der Waals surface area contributed by atoms with Gasteiger partial charge >= 0.3 is 0 Å². The lowest BCUT2D eigenvalue weighted by atomic mass is 10.2. The summed E-state index contributed by atoms with van der Waals surface area (Å²) in [6.07, 6.45) is 0. The molecule has 14 heavy (non-hydrogen) atoms. The molecule has 0 aromatic heterocycles. The molecule has 4 nitrogen and oxygen atoms in total. The summed E-state index contributed by atoms with van der Waals surface area (Å²) in [7, 11) is 1.76. The highest BCUT2D eigenvalue weighted by molar-refractivity contribution is 9.10. The Balaban J connectivity index is 2.74. The second-order valence-corrected chi connectivity index (χ2v) is 3.76. The van der Waals surface area contributed by atoms with Crippen molar-refractivity contribution < 1.29 is 5.21 Å². The Hall–Kier alpha value is -1.23. The zero-order chi connectivity index (χ0) is 10.6. The van der Waals surface area contributed by atoms with Gasteiger partial charge in [0.25, 0.3) is 0 Å². The van der Waals surface area contributed by atoms with E-state index in [0.717, 1.165) is 10.0 Å². The number of halogens is 1. The third kappa shape index (κ3) is 2.63. The molecule has 0 spiro atoms. The molecule has 0 atom stereocenters. The summed E-state index contributed by atoms with van der Waals surface area (Å²) < 4.78 is 1.01. The van der Waals surface area contributed by atoms with E-state index in [0.29, 0.717) is 6.54 Å². The molecule has 0 saturated carbocycles. The fourth-order valence-corrected chi connectivity index (χ4v) is 1.45. The van der Waals surface area contributed by atoms with Gasteiger partial charge in [0.2, 0.25) is 5.96 Å². The maximum absolute atomic E-state index is 8.46. The summed E-state index contributed by atoms with van der Waals surface area (Å²) in [5, 5.41) is 11.4. The Bertz CT molecular complexity index is 341. The lowest BCUT2D eigenvalue weighted by Gasteiger charge is -2.17. The van der Waals surface area contributed by atoms with Crippen LogP contribution in [0.2, 0.25) is 0 Å². The van der Waals surface area contributed by atoms with Crippen LogP contribution in [-0.4, -0.2) is 23.1 Å². The Morgan fingerprint density at radius 1 is 1.57 bits per heavy atom. The molecule has 0 amide bonds. The Labute approximate surface area is 91.1 Å². The van der Waals surface area contributed by atoms with Gasteiger partial charge in [0.1, 0.15) is 0 Å². The Kier molecular flexibility index (Phi) is 3.76. The topological polar surface area (TPSA) is 61.8 Å². The standard InChI is InChI=1S/C9H12BrN3O/c1-13(9(11)12-14)6-7-4-2-3-5-8(7)10/h2-5,14H,6H2,1H3,(H2,11,12). The third-order valence-corrected chi connectivity index (χ3v) is 2.63. The number of hydrogen-bond acceptors (Lipinski definition) is 2. The highest BCUT2D eigenvalue weighted by atomic mass is 79.9. The summed E-state index contributed by atoms with van der Waals surface area (Å²) in [5.74, 6) is 0.0979. The van der Waals surface area contributed by atoms with Crippen molar-refractivity contribution in [3.8, 4) is 0 Å². The highest BCUT2D eigenvalue weighted by Gasteiger charge is 2.05. The van der Waals surface area contributed by atoms with E-state index in [9.17, 15) is 0 Å². The van der Waals surface area contributed by atoms with Crippen molar-refractivity contribution in [2.45, 2.75) is 6.54 Å². The molecule has 0 aliphatic rings. The first kappa shape index (κ1) is 10.8. The van der Waals surface area contributed by atoms with Crippen LogP contribution in [0.25, 0.3) is 0 Å². The minimum atomic E-state index is 0.0979. The van der Waals surface area contributed by atoms with E-state index in [1.54, 1.807) is 11.9 Å². The summed E-state index contributed by atoms with van der Waals surface area (Å²) in [4.78, 5) is 1.65. The summed E-state index contributed by atoms with van der Waals surface area (Å²) in [5.41, 5.74) is 6.51. The van der Waals surface area contributed by atoms with Gasteiger partial charge in [0.05, 0.1) is 0 Å². The molecule has 0 fully saturated rings. The van der Waals surface area contributed by atoms with E-state index >= 15 is 0 Å². The van der Waals surface area contributed by atoms with Crippen molar-refractivity contribution in [2.75, 3.05) is 7.05 Å². The normalized spacial score (nSPS) is 11.4. The van der Waals surface area contributed by atoms with Gasteiger partial charge in [-0.1, -0.05) is 39.3 Å². The maximum atomic E-state index is 8.46. The van der Waals surface area contributed by atoms with Crippen molar-refractivity contribution in [1.82, 2.24) is 4.90 Å². The molecule has 1 rings (SSSR count). The molecule has 5 heteroatoms. The van der Waals surface area contributed by atoms with E-state index in [-0.39, 0.29) is 5.96 Å². The van der Waals surface area contributed by atoms with Crippen LogP contribution < -0.4 is 5.73 Å². The Morgan fingerprint density at radius 3 is 2.79 bits per heavy atom. The largest absolute Gasteiger partial charge is 0.408 e. The van der Waals surface area contributed by atoms with Crippen molar-refractivity contribution in [3.63, 3.8) is 0 Å². The second kappa shape index (κ2) is 4.85. The maximum Gasteiger partial charge on any atom is 0.233 e. The second-order valence-electron chi connectivity index (χ2n) is 2.91. The molecule has 0 aliphatic heterocycles. The lowest BCUT2D eigenvalue weighted by molar-refractivity contribution is 0.304. The molecule has 76 valence electrons. The third-order valence-electron chi connectivity index (χ3n) is 1.86. The van der Waals surface area contributed by atoms with Crippen molar-refractivity contribution in [2.24, 2.45) is 10.9 Å². The molecule has 0 unspecified atom stereocenters. The number of hydrogen-bond donors (Lipinski definition) is 2. The van der Waals surface area contributed by atoms with Gasteiger partial charge in [0.15, 0.2) is 0 Å². The fourth-order valence-electron chi connectivity index (χ4n) is 1.04. The van der Waals surface area contributed by atoms with Crippen LogP contribution in [0.4, 0.5) is 0 Å². The van der Waals surface area contributed by atoms with Crippen LogP contribution in [0.15, 0.2) is 33.9 Å². The first-order valence-corrected chi connectivity index (χ1v) is 4.86. The summed E-state index contributed by atoms with van der Waals surface area (Å²) in [6, 6.07) is 7.82. The van der Waals surface area contributed by atoms with Gasteiger partial charge in [-0.25, -0.2) is 0 Å². The number of nitrogens with zero attached hydrogens (tertiary/aromatic N) is 2. The van der Waals surface area contributed by atoms with Crippen molar-refractivity contribution in [3.05, 3.63) is 34.3 Å². The van der Waals surface area contributed by atoms with E-state index < -0.39 is 0 Å². The lowest BCUT2D eigenvalue weighted by Crippen LogP contribution is -2.33. The number of guanidine groups is 1. The predicted octanol–water partition coefficient (Wildman–Crippen LogP) is 1.58. The summed E-state index contributed by atoms with van der Waals surface area (Å²) >= 11 is 3.43. The van der Waals surface area contributed by atoms with E-state index in [4.69, 9.17) is 10.9 Å². The molecule has 0 radical (unpaired) electrons. The van der Waals surface area contributed by atoms with Gasteiger partial charge in [-0.15, -0.1) is 0 Å². The molecule has 3 N–H and O–H groups in total. The Morgan fingerprint density at radius 2 is 2.21 bits per heavy atom. The number of nitrogens with two attached hydrogens (primary N) is 1. The predicted molar refractivity (Wildman–Crippen MR) is 59.0 cm³/mol. The van der Waals surface area contributed by atoms with Crippen LogP contribution in [0.5, 0.6) is 0 Å². The highest BCUT2D eigenvalue weighted by Crippen LogP contribution is 2.16. The first-order chi connectivity index (χ1) is 6.65. The van der Waals surface area contributed by atoms with Gasteiger partial charge in [0, 0.05) is 18.1 Å². The molecular formula is C9H12BrN3O. The van der Waals surface area contributed by atoms with E-state index in [1.165, 1.54) is 0 Å². The van der Waals surface area contributed by atoms with E-state index in [2.05, 4.69) is 21.1 Å². The summed E-state index contributed by atoms with van der Waals surface area (Å²) in [6.45, 7) is 0.595. The minimum absolute atomic E-state index is 0.0979. The smallest absolute Gasteiger partial charge is 0.233 e. The monoisotopic (exact) mass is 257 g/mol. The molecule has 0 aliphatic carbocycles. The number of oxime groups is 1. The van der Waals surface area contributed by atoms with Gasteiger partial charge < -0.3 is 15.8 Å². The van der Waals surface area contributed by atoms with Gasteiger partial charge in [-0.2, -0.15) is 0 Å². The zero-order valence-electron chi connectivity index (χ0n) is 7.81. The van der Waals surface area contributed by atoms with Crippen LogP contribution >= 0.6 is 15.9 Å². The molecule has 0 bridgehead atoms. The number of benzene rings is 1. The molecule has 1 aromatic rings. The van der Waals surface area contributed by atoms with E-state index in [1.807, 2.05) is 24.3 Å². The fraction of sp³-hybridized carbons (Fsp3) is 0.222. The van der Waals surface area contributed by atoms with Crippen LogP contribution in [0.3, 0.4) is 0 Å². The van der Waals surface area contributed by atoms with Gasteiger partial charge in [-0.3, -0.25) is 0 Å². The molecule has 0 heterocycles. The van der Waals surface area contributed by atoms with Crippen molar-refractivity contribution >= 4 is 21.9 Å². The molecule has 0 saturated heterocycles. The quantitative estimate of drug-likeness (QED) is 0.366. The van der Waals surface area contributed by atoms with Crippen LogP contribution in [0, 0.1) is 0 Å². The average molecular weight is 258 g/mol. The average Bonchev–Trinajstić information content (AvgIpc) is 2.20. The van der Waals surface area contributed by atoms with Crippen molar-refractivity contribution in [1.29, 1.82) is 0 Å². The minimum Gasteiger partial charge on any atom is -0.408 e. The van der Waals surface area contributed by atoms with Crippen LogP contribution in [-0.2, 0) is 6.54 Å². The molecule has 1 aromatic carbocycles. The SMILES string of the molecule is CN(Cc1ccccc1Br)/C(N)=N/O. The molecular weight excluding hydrogens is 246 g/mol.